The van der Waals surface area contributed by atoms with Gasteiger partial charge in [-0.25, -0.2) is 0 Å². The quantitative estimate of drug-likeness (QED) is 0.156. The van der Waals surface area contributed by atoms with Gasteiger partial charge in [-0.1, -0.05) is 199 Å². The number of anilines is 3. The van der Waals surface area contributed by atoms with Crippen molar-refractivity contribution in [2.75, 3.05) is 4.90 Å². The number of rotatable bonds is 7. The molecule has 0 aromatic heterocycles. The fourth-order valence-corrected chi connectivity index (χ4v) is 10.3. The summed E-state index contributed by atoms with van der Waals surface area (Å²) in [5, 5.41) is 0. The molecule has 0 saturated heterocycles. The molecule has 8 aromatic carbocycles. The molecule has 60 heavy (non-hydrogen) atoms. The molecule has 0 unspecified atom stereocenters. The number of nitrogens with zero attached hydrogens (tertiary/aromatic N) is 1. The van der Waals surface area contributed by atoms with E-state index in [0.717, 1.165) is 17.8 Å². The van der Waals surface area contributed by atoms with E-state index >= 15 is 0 Å². The zero-order valence-corrected chi connectivity index (χ0v) is 35.8. The molecule has 1 heteroatoms. The molecule has 10 rings (SSSR count). The van der Waals surface area contributed by atoms with Crippen LogP contribution in [0.1, 0.15) is 76.6 Å². The molecule has 0 spiro atoms. The van der Waals surface area contributed by atoms with Crippen LogP contribution >= 0.6 is 0 Å². The molecule has 2 aliphatic rings. The van der Waals surface area contributed by atoms with Gasteiger partial charge in [0.15, 0.2) is 0 Å². The third-order valence-electron chi connectivity index (χ3n) is 13.8. The van der Waals surface area contributed by atoms with Crippen molar-refractivity contribution in [3.63, 3.8) is 0 Å². The topological polar surface area (TPSA) is 3.24 Å². The number of hydrogen-bond donors (Lipinski definition) is 0. The van der Waals surface area contributed by atoms with E-state index in [-0.39, 0.29) is 16.2 Å². The predicted molar refractivity (Wildman–Crippen MR) is 256 cm³/mol. The normalized spacial score (nSPS) is 15.4. The summed E-state index contributed by atoms with van der Waals surface area (Å²) in [7, 11) is 0. The van der Waals surface area contributed by atoms with Crippen LogP contribution in [-0.2, 0) is 16.2 Å². The first-order valence-electron chi connectivity index (χ1n) is 21.6. The lowest BCUT2D eigenvalue weighted by atomic mass is 9.61. The summed E-state index contributed by atoms with van der Waals surface area (Å²) in [6.45, 7) is 14.6. The highest BCUT2D eigenvalue weighted by atomic mass is 15.1. The first kappa shape index (κ1) is 37.8. The fraction of sp³-hybridized carbons (Fsp3) is 0.186. The van der Waals surface area contributed by atoms with E-state index in [2.05, 4.69) is 234 Å². The molecule has 0 N–H and O–H groups in total. The van der Waals surface area contributed by atoms with Crippen LogP contribution in [0.15, 0.2) is 188 Å². The number of fused-ring (bicyclic) bond motifs is 4. The average molecular weight is 776 g/mol. The van der Waals surface area contributed by atoms with Crippen LogP contribution in [0.25, 0.3) is 55.6 Å². The van der Waals surface area contributed by atoms with Crippen molar-refractivity contribution in [3.8, 4) is 55.6 Å². The van der Waals surface area contributed by atoms with Crippen molar-refractivity contribution in [2.45, 2.75) is 70.6 Å². The summed E-state index contributed by atoms with van der Waals surface area (Å²) in [4.78, 5) is 2.56. The van der Waals surface area contributed by atoms with Crippen LogP contribution in [0, 0.1) is 0 Å². The molecule has 0 aliphatic heterocycles. The fourth-order valence-electron chi connectivity index (χ4n) is 10.3. The molecule has 294 valence electrons. The molecule has 2 aliphatic carbocycles. The SMILES string of the molecule is CC1(C)CCC(C)(C)c2c(-c3cc4c(cc3N(c3ccc(-c5ccc(-c6ccccc6)cc5)cc3)c3ccccc3-c3ccccc3)C(C)(C)c3ccccc3-4)cccc21. The number of hydrogen-bond acceptors (Lipinski definition) is 1. The molecule has 8 aromatic rings. The Morgan fingerprint density at radius 1 is 0.333 bits per heavy atom. The highest BCUT2D eigenvalue weighted by Crippen LogP contribution is 2.57. The third kappa shape index (κ3) is 6.31. The van der Waals surface area contributed by atoms with Gasteiger partial charge in [0.1, 0.15) is 0 Å². The van der Waals surface area contributed by atoms with E-state index in [1.165, 1.54) is 90.0 Å². The second-order valence-electron chi connectivity index (χ2n) is 18.8. The van der Waals surface area contributed by atoms with Crippen molar-refractivity contribution >= 4 is 17.1 Å². The van der Waals surface area contributed by atoms with Crippen LogP contribution in [0.3, 0.4) is 0 Å². The monoisotopic (exact) mass is 775 g/mol. The lowest BCUT2D eigenvalue weighted by molar-refractivity contribution is 0.333. The van der Waals surface area contributed by atoms with E-state index < -0.39 is 0 Å². The molecular formula is C59H53N. The Balaban J connectivity index is 1.23. The van der Waals surface area contributed by atoms with Gasteiger partial charge in [0.2, 0.25) is 0 Å². The van der Waals surface area contributed by atoms with Crippen LogP contribution in [0.4, 0.5) is 17.1 Å². The highest BCUT2D eigenvalue weighted by molar-refractivity contribution is 5.98. The molecule has 0 fully saturated rings. The molecule has 0 atom stereocenters. The van der Waals surface area contributed by atoms with Crippen LogP contribution < -0.4 is 4.90 Å². The highest BCUT2D eigenvalue weighted by Gasteiger charge is 2.41. The molecule has 1 nitrogen and oxygen atoms in total. The van der Waals surface area contributed by atoms with Gasteiger partial charge in [0.05, 0.1) is 11.4 Å². The Morgan fingerprint density at radius 3 is 1.50 bits per heavy atom. The lowest BCUT2D eigenvalue weighted by Gasteiger charge is -2.43. The van der Waals surface area contributed by atoms with E-state index in [1.807, 2.05) is 0 Å². The van der Waals surface area contributed by atoms with Crippen molar-refractivity contribution < 1.29 is 0 Å². The summed E-state index contributed by atoms with van der Waals surface area (Å²) < 4.78 is 0. The summed E-state index contributed by atoms with van der Waals surface area (Å²) in [6, 6.07) is 69.9. The minimum absolute atomic E-state index is 0.0133. The summed E-state index contributed by atoms with van der Waals surface area (Å²) in [6.07, 6.45) is 2.32. The lowest BCUT2D eigenvalue weighted by Crippen LogP contribution is -2.34. The van der Waals surface area contributed by atoms with E-state index in [0.29, 0.717) is 0 Å². The van der Waals surface area contributed by atoms with Gasteiger partial charge in [-0.05, 0) is 121 Å². The second-order valence-corrected chi connectivity index (χ2v) is 18.8. The first-order valence-corrected chi connectivity index (χ1v) is 21.6. The van der Waals surface area contributed by atoms with Gasteiger partial charge in [-0.3, -0.25) is 0 Å². The van der Waals surface area contributed by atoms with Crippen molar-refractivity contribution in [3.05, 3.63) is 210 Å². The van der Waals surface area contributed by atoms with E-state index in [1.54, 1.807) is 0 Å². The smallest absolute Gasteiger partial charge is 0.0543 e. The van der Waals surface area contributed by atoms with Gasteiger partial charge in [-0.15, -0.1) is 0 Å². The van der Waals surface area contributed by atoms with Crippen molar-refractivity contribution in [2.24, 2.45) is 0 Å². The van der Waals surface area contributed by atoms with E-state index in [9.17, 15) is 0 Å². The molecule has 0 amide bonds. The Hall–Kier alpha value is -6.44. The Bertz CT molecular complexity index is 2860. The maximum atomic E-state index is 2.56. The largest absolute Gasteiger partial charge is 0.309 e. The Labute approximate surface area is 357 Å². The van der Waals surface area contributed by atoms with Gasteiger partial charge >= 0.3 is 0 Å². The summed E-state index contributed by atoms with van der Waals surface area (Å²) in [5.74, 6) is 0. The first-order chi connectivity index (χ1) is 29.0. The Morgan fingerprint density at radius 2 is 0.833 bits per heavy atom. The maximum Gasteiger partial charge on any atom is 0.0543 e. The molecule has 0 saturated carbocycles. The summed E-state index contributed by atoms with van der Waals surface area (Å²) >= 11 is 0. The predicted octanol–water partition coefficient (Wildman–Crippen LogP) is 16.5. The minimum Gasteiger partial charge on any atom is -0.309 e. The van der Waals surface area contributed by atoms with Crippen LogP contribution in [-0.4, -0.2) is 0 Å². The zero-order chi connectivity index (χ0) is 41.2. The standard InChI is InChI=1S/C59H53N/c1-57(2)36-37-58(3,4)56-48(24-17-26-52(56)57)50-38-49-47-23-13-15-25-51(47)59(5,6)53(49)39-55(50)60(54-27-16-14-22-46(54)44-20-11-8-12-21-44)45-34-32-43(33-35-45)42-30-28-41(29-31-42)40-18-9-7-10-19-40/h7-35,38-39H,36-37H2,1-6H3. The number of benzene rings is 8. The molecule has 0 bridgehead atoms. The van der Waals surface area contributed by atoms with Gasteiger partial charge in [0, 0.05) is 22.2 Å². The molecule has 0 heterocycles. The average Bonchev–Trinajstić information content (AvgIpc) is 3.51. The Kier molecular flexibility index (Phi) is 9.06. The van der Waals surface area contributed by atoms with Gasteiger partial charge in [-0.2, -0.15) is 0 Å². The molecular weight excluding hydrogens is 723 g/mol. The minimum atomic E-state index is -0.170. The van der Waals surface area contributed by atoms with E-state index in [4.69, 9.17) is 0 Å². The zero-order valence-electron chi connectivity index (χ0n) is 35.8. The molecule has 0 radical (unpaired) electrons. The van der Waals surface area contributed by atoms with Crippen LogP contribution in [0.2, 0.25) is 0 Å². The van der Waals surface area contributed by atoms with Gasteiger partial charge in [0.25, 0.3) is 0 Å². The van der Waals surface area contributed by atoms with Gasteiger partial charge < -0.3 is 4.90 Å². The maximum absolute atomic E-state index is 2.56. The van der Waals surface area contributed by atoms with Crippen molar-refractivity contribution in [1.82, 2.24) is 0 Å². The third-order valence-corrected chi connectivity index (χ3v) is 13.8. The van der Waals surface area contributed by atoms with Crippen molar-refractivity contribution in [1.29, 1.82) is 0 Å². The second kappa shape index (κ2) is 14.4. The summed E-state index contributed by atoms with van der Waals surface area (Å²) in [5.41, 5.74) is 21.7. The van der Waals surface area contributed by atoms with Crippen LogP contribution in [0.5, 0.6) is 0 Å². The number of para-hydroxylation sites is 1.